The molecule has 2 aromatic carbocycles. The SMILES string of the molecule is CC.CCC.CCCC(C)CCC.CCCOc1cc(N2CC=C(c3ccc(C)cc3)C2=O)ccc1OC. The normalized spacial score (nSPS) is 11.9. The lowest BCUT2D eigenvalue weighted by Crippen LogP contribution is -2.26. The Morgan fingerprint density at radius 2 is 1.45 bits per heavy atom. The second kappa shape index (κ2) is 21.2. The van der Waals surface area contributed by atoms with Gasteiger partial charge in [-0.05, 0) is 37.0 Å². The number of rotatable bonds is 10. The summed E-state index contributed by atoms with van der Waals surface area (Å²) in [6.45, 7) is 20.4. The number of ether oxygens (including phenoxy) is 2. The van der Waals surface area contributed by atoms with E-state index in [1.54, 1.807) is 12.0 Å². The zero-order valence-electron chi connectivity index (χ0n) is 26.0. The van der Waals surface area contributed by atoms with Gasteiger partial charge in [-0.2, -0.15) is 0 Å². The maximum Gasteiger partial charge on any atom is 0.258 e. The van der Waals surface area contributed by atoms with E-state index >= 15 is 0 Å². The Kier molecular flexibility index (Phi) is 19.7. The Hall–Kier alpha value is -2.75. The molecule has 0 aromatic heterocycles. The van der Waals surface area contributed by atoms with Gasteiger partial charge < -0.3 is 14.4 Å². The molecular weight excluding hydrogens is 470 g/mol. The molecule has 0 atom stereocenters. The number of carbonyl (C=O) groups excluding carboxylic acids is 1. The highest BCUT2D eigenvalue weighted by Gasteiger charge is 2.26. The van der Waals surface area contributed by atoms with Crippen LogP contribution in [0.3, 0.4) is 0 Å². The van der Waals surface area contributed by atoms with Crippen molar-refractivity contribution in [3.63, 3.8) is 0 Å². The van der Waals surface area contributed by atoms with E-state index in [4.69, 9.17) is 9.47 Å². The Bertz CT molecular complexity index is 912. The topological polar surface area (TPSA) is 38.8 Å². The van der Waals surface area contributed by atoms with E-state index in [9.17, 15) is 4.79 Å². The van der Waals surface area contributed by atoms with Crippen molar-refractivity contribution in [3.8, 4) is 11.5 Å². The Morgan fingerprint density at radius 3 is 1.95 bits per heavy atom. The highest BCUT2D eigenvalue weighted by atomic mass is 16.5. The zero-order chi connectivity index (χ0) is 28.9. The van der Waals surface area contributed by atoms with Gasteiger partial charge in [0.05, 0.1) is 13.7 Å². The van der Waals surface area contributed by atoms with Crippen molar-refractivity contribution in [2.45, 2.75) is 101 Å². The van der Waals surface area contributed by atoms with Crippen molar-refractivity contribution >= 4 is 17.2 Å². The van der Waals surface area contributed by atoms with Gasteiger partial charge in [0.25, 0.3) is 5.91 Å². The lowest BCUT2D eigenvalue weighted by atomic mass is 10.0. The van der Waals surface area contributed by atoms with Gasteiger partial charge in [-0.3, -0.25) is 4.79 Å². The third-order valence-electron chi connectivity index (χ3n) is 5.80. The smallest absolute Gasteiger partial charge is 0.258 e. The fourth-order valence-corrected chi connectivity index (χ4v) is 3.98. The first-order valence-corrected chi connectivity index (χ1v) is 14.8. The largest absolute Gasteiger partial charge is 0.493 e. The number of hydrogen-bond donors (Lipinski definition) is 0. The lowest BCUT2D eigenvalue weighted by molar-refractivity contribution is -0.112. The molecule has 1 amide bonds. The van der Waals surface area contributed by atoms with Gasteiger partial charge in [-0.25, -0.2) is 0 Å². The number of aryl methyl sites for hydroxylation is 1. The summed E-state index contributed by atoms with van der Waals surface area (Å²) in [5.41, 5.74) is 3.69. The summed E-state index contributed by atoms with van der Waals surface area (Å²) in [4.78, 5) is 14.6. The molecule has 0 saturated carbocycles. The maximum absolute atomic E-state index is 12.9. The van der Waals surface area contributed by atoms with Gasteiger partial charge >= 0.3 is 0 Å². The van der Waals surface area contributed by atoms with E-state index in [2.05, 4.69) is 41.5 Å². The minimum Gasteiger partial charge on any atom is -0.493 e. The van der Waals surface area contributed by atoms with E-state index in [1.165, 1.54) is 37.7 Å². The van der Waals surface area contributed by atoms with Crippen LogP contribution < -0.4 is 14.4 Å². The summed E-state index contributed by atoms with van der Waals surface area (Å²) in [5, 5.41) is 0. The van der Waals surface area contributed by atoms with Gasteiger partial charge in [-0.1, -0.05) is 123 Å². The number of nitrogens with zero attached hydrogens (tertiary/aromatic N) is 1. The van der Waals surface area contributed by atoms with Gasteiger partial charge in [0.1, 0.15) is 0 Å². The number of anilines is 1. The Labute approximate surface area is 234 Å². The van der Waals surface area contributed by atoms with Crippen LogP contribution in [0.25, 0.3) is 5.57 Å². The van der Waals surface area contributed by atoms with Gasteiger partial charge in [0.15, 0.2) is 11.5 Å². The van der Waals surface area contributed by atoms with Gasteiger partial charge in [0, 0.05) is 23.9 Å². The van der Waals surface area contributed by atoms with Crippen LogP contribution in [0.4, 0.5) is 5.69 Å². The third kappa shape index (κ3) is 12.2. The molecule has 2 aromatic rings. The highest BCUT2D eigenvalue weighted by molar-refractivity contribution is 6.28. The molecule has 0 bridgehead atoms. The number of amides is 1. The van der Waals surface area contributed by atoms with Gasteiger partial charge in [0.2, 0.25) is 0 Å². The highest BCUT2D eigenvalue weighted by Crippen LogP contribution is 2.35. The number of hydrogen-bond acceptors (Lipinski definition) is 3. The van der Waals surface area contributed by atoms with Crippen LogP contribution in [0.5, 0.6) is 11.5 Å². The van der Waals surface area contributed by atoms with Gasteiger partial charge in [-0.15, -0.1) is 0 Å². The Balaban J connectivity index is 0.000000886. The molecule has 3 rings (SSSR count). The summed E-state index contributed by atoms with van der Waals surface area (Å²) in [6.07, 6.45) is 9.66. The minimum atomic E-state index is 0.00969. The molecule has 0 saturated heterocycles. The summed E-state index contributed by atoms with van der Waals surface area (Å²) in [6, 6.07) is 13.6. The van der Waals surface area contributed by atoms with Crippen LogP contribution in [0.2, 0.25) is 0 Å². The molecule has 214 valence electrons. The molecule has 1 aliphatic rings. The zero-order valence-corrected chi connectivity index (χ0v) is 26.0. The molecular formula is C34H55NO3. The molecule has 0 radical (unpaired) electrons. The standard InChI is InChI=1S/C21H23NO3.C8H18.C3H8.C2H6/c1-4-13-25-20-14-17(9-10-19(20)24-3)22-12-11-18(21(22)23)16-7-5-15(2)6-8-16;1-4-6-8(3)7-5-2;1-3-2;1-2/h5-11,14H,4,12-13H2,1-3H3;8H,4-7H2,1-3H3;3H2,1-2H3;1-2H3. The first-order chi connectivity index (χ1) is 18.4. The fraction of sp³-hybridized carbons (Fsp3) is 0.559. The molecule has 38 heavy (non-hydrogen) atoms. The molecule has 0 unspecified atom stereocenters. The number of carbonyl (C=O) groups is 1. The van der Waals surface area contributed by atoms with Crippen LogP contribution in [0.1, 0.15) is 105 Å². The molecule has 0 fully saturated rings. The van der Waals surface area contributed by atoms with Crippen molar-refractivity contribution in [1.82, 2.24) is 0 Å². The first-order valence-electron chi connectivity index (χ1n) is 14.8. The van der Waals surface area contributed by atoms with Crippen LogP contribution >= 0.6 is 0 Å². The van der Waals surface area contributed by atoms with Crippen LogP contribution in [-0.4, -0.2) is 26.2 Å². The van der Waals surface area contributed by atoms with E-state index in [1.807, 2.05) is 69.3 Å². The predicted molar refractivity (Wildman–Crippen MR) is 167 cm³/mol. The molecule has 1 aliphatic heterocycles. The molecule has 0 N–H and O–H groups in total. The molecule has 0 spiro atoms. The van der Waals surface area contributed by atoms with Crippen molar-refractivity contribution in [2.75, 3.05) is 25.2 Å². The quantitative estimate of drug-likeness (QED) is 0.310. The second-order valence-corrected chi connectivity index (χ2v) is 9.47. The van der Waals surface area contributed by atoms with E-state index < -0.39 is 0 Å². The van der Waals surface area contributed by atoms with Crippen molar-refractivity contribution in [1.29, 1.82) is 0 Å². The number of benzene rings is 2. The monoisotopic (exact) mass is 525 g/mol. The average Bonchev–Trinajstić information content (AvgIpc) is 3.31. The third-order valence-corrected chi connectivity index (χ3v) is 5.80. The predicted octanol–water partition coefficient (Wildman–Crippen LogP) is 9.89. The summed E-state index contributed by atoms with van der Waals surface area (Å²) in [5.74, 6) is 2.31. The average molecular weight is 526 g/mol. The first kappa shape index (κ1) is 35.2. The molecule has 0 aliphatic carbocycles. The van der Waals surface area contributed by atoms with E-state index in [0.29, 0.717) is 24.7 Å². The minimum absolute atomic E-state index is 0.00969. The molecule has 1 heterocycles. The molecule has 4 heteroatoms. The Morgan fingerprint density at radius 1 is 0.868 bits per heavy atom. The second-order valence-electron chi connectivity index (χ2n) is 9.47. The van der Waals surface area contributed by atoms with Crippen LogP contribution in [0, 0.1) is 12.8 Å². The molecule has 4 nitrogen and oxygen atoms in total. The lowest BCUT2D eigenvalue weighted by Gasteiger charge is -2.19. The van der Waals surface area contributed by atoms with Crippen molar-refractivity contribution < 1.29 is 14.3 Å². The van der Waals surface area contributed by atoms with Crippen molar-refractivity contribution in [3.05, 3.63) is 59.7 Å². The van der Waals surface area contributed by atoms with Crippen molar-refractivity contribution in [2.24, 2.45) is 5.92 Å². The van der Waals surface area contributed by atoms with Crippen LogP contribution in [0.15, 0.2) is 48.5 Å². The fourth-order valence-electron chi connectivity index (χ4n) is 3.98. The maximum atomic E-state index is 12.9. The van der Waals surface area contributed by atoms with E-state index in [0.717, 1.165) is 29.2 Å². The van der Waals surface area contributed by atoms with Crippen LogP contribution in [-0.2, 0) is 4.79 Å². The summed E-state index contributed by atoms with van der Waals surface area (Å²) in [7, 11) is 1.62. The van der Waals surface area contributed by atoms with E-state index in [-0.39, 0.29) is 5.91 Å². The summed E-state index contributed by atoms with van der Waals surface area (Å²) >= 11 is 0. The summed E-state index contributed by atoms with van der Waals surface area (Å²) < 4.78 is 11.1. The number of methoxy groups -OCH3 is 1.